The van der Waals surface area contributed by atoms with Gasteiger partial charge in [-0.2, -0.15) is 0 Å². The molecule has 0 aliphatic carbocycles. The number of aromatic nitrogens is 2. The van der Waals surface area contributed by atoms with E-state index in [1.165, 1.54) is 5.56 Å². The zero-order valence-corrected chi connectivity index (χ0v) is 21.7. The van der Waals surface area contributed by atoms with Crippen LogP contribution in [0.5, 0.6) is 0 Å². The highest BCUT2D eigenvalue weighted by Crippen LogP contribution is 2.49. The molecule has 0 saturated carbocycles. The van der Waals surface area contributed by atoms with E-state index < -0.39 is 0 Å². The van der Waals surface area contributed by atoms with E-state index in [9.17, 15) is 9.59 Å². The van der Waals surface area contributed by atoms with Gasteiger partial charge in [-0.25, -0.2) is 0 Å². The molecule has 1 spiro atoms. The van der Waals surface area contributed by atoms with E-state index in [1.807, 2.05) is 41.8 Å². The first-order chi connectivity index (χ1) is 17.4. The molecule has 3 fully saturated rings. The van der Waals surface area contributed by atoms with Crippen LogP contribution >= 0.6 is 0 Å². The van der Waals surface area contributed by atoms with Crippen LogP contribution in [-0.2, 0) is 16.0 Å². The Labute approximate surface area is 214 Å². The van der Waals surface area contributed by atoms with Crippen LogP contribution < -0.4 is 0 Å². The Hall–Kier alpha value is -2.74. The first-order valence-electron chi connectivity index (χ1n) is 13.6. The highest BCUT2D eigenvalue weighted by Gasteiger charge is 2.49. The zero-order chi connectivity index (χ0) is 25.1. The predicted octanol–water partition coefficient (Wildman–Crippen LogP) is 3.80. The second-order valence-corrected chi connectivity index (χ2v) is 11.2. The highest BCUT2D eigenvalue weighted by atomic mass is 16.4. The van der Waals surface area contributed by atoms with Gasteiger partial charge in [-0.1, -0.05) is 44.2 Å². The average Bonchev–Trinajstić information content (AvgIpc) is 3.64. The summed E-state index contributed by atoms with van der Waals surface area (Å²) in [6.07, 6.45) is 6.30. The number of nitrogens with zero attached hydrogens (tertiary/aromatic N) is 5. The molecule has 2 amide bonds. The zero-order valence-electron chi connectivity index (χ0n) is 21.7. The van der Waals surface area contributed by atoms with Crippen LogP contribution in [0.1, 0.15) is 81.7 Å². The minimum atomic E-state index is -0.0446. The van der Waals surface area contributed by atoms with Gasteiger partial charge in [-0.05, 0) is 49.5 Å². The lowest BCUT2D eigenvalue weighted by Crippen LogP contribution is -2.45. The van der Waals surface area contributed by atoms with Crippen LogP contribution in [0.4, 0.5) is 0 Å². The molecule has 5 rings (SSSR count). The monoisotopic (exact) mass is 493 g/mol. The van der Waals surface area contributed by atoms with Gasteiger partial charge in [0.15, 0.2) is 0 Å². The van der Waals surface area contributed by atoms with Crippen molar-refractivity contribution in [2.45, 2.75) is 70.8 Å². The molecule has 36 heavy (non-hydrogen) atoms. The second-order valence-electron chi connectivity index (χ2n) is 11.2. The Kier molecular flexibility index (Phi) is 7.42. The fourth-order valence-electron chi connectivity index (χ4n) is 6.06. The summed E-state index contributed by atoms with van der Waals surface area (Å²) in [5.74, 6) is 1.89. The summed E-state index contributed by atoms with van der Waals surface area (Å²) >= 11 is 0. The van der Waals surface area contributed by atoms with Crippen molar-refractivity contribution in [3.63, 3.8) is 0 Å². The number of carbonyl (C=O) groups excluding carboxylic acids is 2. The average molecular weight is 494 g/mol. The molecular formula is C28H39N5O3. The summed E-state index contributed by atoms with van der Waals surface area (Å²) in [5, 5.41) is 8.68. The molecule has 3 aliphatic rings. The number of piperidine rings is 1. The number of carbonyl (C=O) groups is 2. The summed E-state index contributed by atoms with van der Waals surface area (Å²) < 4.78 is 6.08. The van der Waals surface area contributed by atoms with E-state index in [-0.39, 0.29) is 29.2 Å². The number of aryl methyl sites for hydroxylation is 1. The summed E-state index contributed by atoms with van der Waals surface area (Å²) in [4.78, 5) is 32.3. The molecule has 3 aliphatic heterocycles. The van der Waals surface area contributed by atoms with Gasteiger partial charge in [0.05, 0.1) is 12.6 Å². The summed E-state index contributed by atoms with van der Waals surface area (Å²) in [6, 6.07) is 10.2. The van der Waals surface area contributed by atoms with Crippen molar-refractivity contribution in [3.8, 4) is 0 Å². The van der Waals surface area contributed by atoms with E-state index in [0.29, 0.717) is 24.7 Å². The number of hydrogen-bond acceptors (Lipinski definition) is 6. The van der Waals surface area contributed by atoms with Crippen molar-refractivity contribution in [1.82, 2.24) is 24.9 Å². The smallest absolute Gasteiger partial charge is 0.236 e. The lowest BCUT2D eigenvalue weighted by Gasteiger charge is -2.39. The third-order valence-corrected chi connectivity index (χ3v) is 8.29. The molecule has 1 atom stereocenters. The number of rotatable bonds is 7. The molecule has 0 radical (unpaired) electrons. The molecule has 1 unspecified atom stereocenters. The normalized spacial score (nSPS) is 22.1. The second kappa shape index (κ2) is 10.7. The quantitative estimate of drug-likeness (QED) is 0.583. The predicted molar refractivity (Wildman–Crippen MR) is 136 cm³/mol. The lowest BCUT2D eigenvalue weighted by molar-refractivity contribution is -0.133. The van der Waals surface area contributed by atoms with Crippen LogP contribution in [-0.4, -0.2) is 76.0 Å². The Morgan fingerprint density at radius 2 is 1.69 bits per heavy atom. The minimum Gasteiger partial charge on any atom is -0.423 e. The Morgan fingerprint density at radius 1 is 1.00 bits per heavy atom. The molecule has 1 aromatic heterocycles. The van der Waals surface area contributed by atoms with Crippen molar-refractivity contribution in [2.75, 3.05) is 39.3 Å². The molecule has 3 saturated heterocycles. The molecule has 8 nitrogen and oxygen atoms in total. The van der Waals surface area contributed by atoms with Gasteiger partial charge in [0.25, 0.3) is 0 Å². The van der Waals surface area contributed by atoms with Gasteiger partial charge in [0.1, 0.15) is 0 Å². The van der Waals surface area contributed by atoms with Crippen molar-refractivity contribution < 1.29 is 14.0 Å². The maximum Gasteiger partial charge on any atom is 0.236 e. The van der Waals surface area contributed by atoms with Crippen molar-refractivity contribution in [2.24, 2.45) is 5.41 Å². The molecule has 1 aromatic carbocycles. The fourth-order valence-corrected chi connectivity index (χ4v) is 6.06. The standard InChI is InChI=1S/C28H39N5O3/c1-21(2)26-29-30-27(36-26)23-18-28(20-33(23)19-25(35)31-14-6-7-15-31)12-16-32(17-13-28)24(34)11-10-22-8-4-3-5-9-22/h3-5,8-9,21,23H,6-7,10-20H2,1-2H3. The molecule has 8 heteroatoms. The van der Waals surface area contributed by atoms with Crippen LogP contribution in [0, 0.1) is 5.41 Å². The molecule has 194 valence electrons. The number of likely N-dealkylation sites (tertiary alicyclic amines) is 3. The summed E-state index contributed by atoms with van der Waals surface area (Å²) in [5.41, 5.74) is 1.27. The van der Waals surface area contributed by atoms with Gasteiger partial charge in [-0.3, -0.25) is 14.5 Å². The maximum atomic E-state index is 13.1. The third kappa shape index (κ3) is 5.48. The van der Waals surface area contributed by atoms with Gasteiger partial charge < -0.3 is 14.2 Å². The first-order valence-corrected chi connectivity index (χ1v) is 13.6. The lowest BCUT2D eigenvalue weighted by atomic mass is 9.76. The van der Waals surface area contributed by atoms with Crippen LogP contribution in [0.2, 0.25) is 0 Å². The fraction of sp³-hybridized carbons (Fsp3) is 0.643. The third-order valence-electron chi connectivity index (χ3n) is 8.29. The SMILES string of the molecule is CC(C)c1nnc(C2CC3(CCN(C(=O)CCc4ccccc4)CC3)CN2CC(=O)N2CCCC2)o1. The van der Waals surface area contributed by atoms with Crippen LogP contribution in [0.3, 0.4) is 0 Å². The van der Waals surface area contributed by atoms with Gasteiger partial charge in [0.2, 0.25) is 23.6 Å². The molecule has 0 N–H and O–H groups in total. The molecule has 2 aromatic rings. The summed E-state index contributed by atoms with van der Waals surface area (Å²) in [6.45, 7) is 8.60. The van der Waals surface area contributed by atoms with Crippen LogP contribution in [0.15, 0.2) is 34.7 Å². The number of amides is 2. The van der Waals surface area contributed by atoms with Crippen molar-refractivity contribution >= 4 is 11.8 Å². The van der Waals surface area contributed by atoms with Gasteiger partial charge >= 0.3 is 0 Å². The van der Waals surface area contributed by atoms with E-state index >= 15 is 0 Å². The highest BCUT2D eigenvalue weighted by molar-refractivity contribution is 5.78. The van der Waals surface area contributed by atoms with E-state index in [4.69, 9.17) is 4.42 Å². The van der Waals surface area contributed by atoms with Crippen molar-refractivity contribution in [1.29, 1.82) is 0 Å². The van der Waals surface area contributed by atoms with Gasteiger partial charge in [0, 0.05) is 45.1 Å². The first kappa shape index (κ1) is 24.9. The summed E-state index contributed by atoms with van der Waals surface area (Å²) in [7, 11) is 0. The Bertz CT molecular complexity index is 1040. The van der Waals surface area contributed by atoms with Crippen molar-refractivity contribution in [3.05, 3.63) is 47.7 Å². The van der Waals surface area contributed by atoms with E-state index in [2.05, 4.69) is 27.2 Å². The van der Waals surface area contributed by atoms with E-state index in [0.717, 1.165) is 71.2 Å². The molecule has 4 heterocycles. The minimum absolute atomic E-state index is 0.0446. The topological polar surface area (TPSA) is 82.8 Å². The number of benzene rings is 1. The van der Waals surface area contributed by atoms with Crippen LogP contribution in [0.25, 0.3) is 0 Å². The Morgan fingerprint density at radius 3 is 2.36 bits per heavy atom. The maximum absolute atomic E-state index is 13.1. The molecule has 0 bridgehead atoms. The Balaban J connectivity index is 1.24. The molecular weight excluding hydrogens is 454 g/mol. The largest absolute Gasteiger partial charge is 0.423 e. The number of hydrogen-bond donors (Lipinski definition) is 0. The van der Waals surface area contributed by atoms with Gasteiger partial charge in [-0.15, -0.1) is 10.2 Å². The van der Waals surface area contributed by atoms with E-state index in [1.54, 1.807) is 0 Å².